The molecule has 194 valence electrons. The van der Waals surface area contributed by atoms with Gasteiger partial charge in [-0.3, -0.25) is 14.4 Å². The predicted molar refractivity (Wildman–Crippen MR) is 133 cm³/mol. The van der Waals surface area contributed by atoms with Crippen molar-refractivity contribution in [1.82, 2.24) is 0 Å². The fraction of sp³-hybridized carbons (Fsp3) is 0.833. The van der Waals surface area contributed by atoms with Crippen molar-refractivity contribution >= 4 is 17.5 Å². The highest BCUT2D eigenvalue weighted by atomic mass is 16.4. The van der Waals surface area contributed by atoms with Crippen molar-refractivity contribution in [2.24, 2.45) is 50.7 Å². The van der Waals surface area contributed by atoms with E-state index >= 15 is 0 Å². The number of aliphatic carboxylic acids is 1. The summed E-state index contributed by atoms with van der Waals surface area (Å²) in [6, 6.07) is 0. The number of carboxylic acid groups (broad SMARTS) is 1. The lowest BCUT2D eigenvalue weighted by Crippen LogP contribution is -2.69. The summed E-state index contributed by atoms with van der Waals surface area (Å²) < 4.78 is 0. The zero-order valence-corrected chi connectivity index (χ0v) is 22.7. The van der Waals surface area contributed by atoms with E-state index in [9.17, 15) is 24.6 Å². The van der Waals surface area contributed by atoms with Crippen molar-refractivity contribution in [1.29, 1.82) is 0 Å². The topological polar surface area (TPSA) is 91.7 Å². The Morgan fingerprint density at radius 3 is 2.20 bits per heavy atom. The molecule has 0 aliphatic heterocycles. The SMILES string of the molecule is C[C@@H]1CC[C@]2(C(=O)O)CC[C@]3(C)C(=CC(=O)C4[C@@]5(C)CCC(=O)C(C)(C)C5CC[C@]43C)C2C1(C)O. The fourth-order valence-electron chi connectivity index (χ4n) is 10.5. The molecule has 0 radical (unpaired) electrons. The van der Waals surface area contributed by atoms with Gasteiger partial charge >= 0.3 is 5.97 Å². The maximum atomic E-state index is 14.2. The van der Waals surface area contributed by atoms with Crippen molar-refractivity contribution in [3.8, 4) is 0 Å². The summed E-state index contributed by atoms with van der Waals surface area (Å²) in [5, 5.41) is 22.4. The first-order valence-electron chi connectivity index (χ1n) is 13.8. The summed E-state index contributed by atoms with van der Waals surface area (Å²) >= 11 is 0. The second-order valence-electron chi connectivity index (χ2n) is 14.5. The van der Waals surface area contributed by atoms with Gasteiger partial charge in [-0.15, -0.1) is 0 Å². The standard InChI is InChI=1S/C30H44O5/c1-17-8-13-30(24(33)34)15-14-27(5)18(22(30)29(17,7)35)16-19(31)23-26(4)11-10-21(32)25(2,3)20(26)9-12-28(23,27)6/h16-17,20,22-23,35H,8-15H2,1-7H3,(H,33,34)/t17-,20?,22?,23?,26+,27-,28-,29?,30+/m1/s1. The summed E-state index contributed by atoms with van der Waals surface area (Å²) in [7, 11) is 0. The molecular formula is C30H44O5. The molecule has 2 N–H and O–H groups in total. The van der Waals surface area contributed by atoms with Gasteiger partial charge in [0.25, 0.3) is 0 Å². The summed E-state index contributed by atoms with van der Waals surface area (Å²) in [5.41, 5.74) is -2.73. The highest BCUT2D eigenvalue weighted by Crippen LogP contribution is 2.75. The zero-order chi connectivity index (χ0) is 26.0. The molecule has 0 bridgehead atoms. The molecule has 4 fully saturated rings. The van der Waals surface area contributed by atoms with Crippen LogP contribution < -0.4 is 0 Å². The molecule has 5 heteroatoms. The minimum Gasteiger partial charge on any atom is -0.481 e. The lowest BCUT2D eigenvalue weighted by atomic mass is 9.33. The molecular weight excluding hydrogens is 440 g/mol. The van der Waals surface area contributed by atoms with Gasteiger partial charge in [0.15, 0.2) is 5.78 Å². The van der Waals surface area contributed by atoms with E-state index in [4.69, 9.17) is 0 Å². The molecule has 35 heavy (non-hydrogen) atoms. The Labute approximate surface area is 210 Å². The smallest absolute Gasteiger partial charge is 0.310 e. The van der Waals surface area contributed by atoms with Crippen LogP contribution in [-0.2, 0) is 14.4 Å². The highest BCUT2D eigenvalue weighted by Gasteiger charge is 2.72. The van der Waals surface area contributed by atoms with Crippen molar-refractivity contribution in [2.45, 2.75) is 105 Å². The third-order valence-electron chi connectivity index (χ3n) is 13.0. The van der Waals surface area contributed by atoms with Gasteiger partial charge in [0.05, 0.1) is 11.0 Å². The summed E-state index contributed by atoms with van der Waals surface area (Å²) in [4.78, 5) is 40.0. The third kappa shape index (κ3) is 2.77. The number of hydrogen-bond acceptors (Lipinski definition) is 4. The van der Waals surface area contributed by atoms with Crippen molar-refractivity contribution in [3.05, 3.63) is 11.6 Å². The molecule has 0 aromatic heterocycles. The van der Waals surface area contributed by atoms with Gasteiger partial charge in [-0.25, -0.2) is 0 Å². The number of aliphatic hydroxyl groups is 1. The van der Waals surface area contributed by atoms with E-state index in [1.165, 1.54) is 0 Å². The minimum atomic E-state index is -1.19. The average Bonchev–Trinajstić information content (AvgIpc) is 2.74. The van der Waals surface area contributed by atoms with Gasteiger partial charge in [0.2, 0.25) is 0 Å². The van der Waals surface area contributed by atoms with E-state index in [0.29, 0.717) is 31.5 Å². The van der Waals surface area contributed by atoms with Crippen molar-refractivity contribution < 1.29 is 24.6 Å². The normalized spacial score (nSPS) is 53.0. The molecule has 4 unspecified atom stereocenters. The molecule has 0 amide bonds. The molecule has 0 aromatic carbocycles. The Bertz CT molecular complexity index is 1040. The van der Waals surface area contributed by atoms with Crippen LogP contribution in [0.3, 0.4) is 0 Å². The van der Waals surface area contributed by atoms with Gasteiger partial charge < -0.3 is 10.2 Å². The van der Waals surface area contributed by atoms with Crippen LogP contribution in [0.25, 0.3) is 0 Å². The molecule has 4 saturated carbocycles. The van der Waals surface area contributed by atoms with Crippen LogP contribution in [0.5, 0.6) is 0 Å². The van der Waals surface area contributed by atoms with Gasteiger partial charge in [0, 0.05) is 23.7 Å². The molecule has 0 heterocycles. The average molecular weight is 485 g/mol. The summed E-state index contributed by atoms with van der Waals surface area (Å²) in [6.45, 7) is 14.7. The highest BCUT2D eigenvalue weighted by molar-refractivity contribution is 5.96. The maximum absolute atomic E-state index is 14.2. The number of carbonyl (C=O) groups is 3. The molecule has 5 aliphatic carbocycles. The van der Waals surface area contributed by atoms with Gasteiger partial charge in [-0.1, -0.05) is 47.1 Å². The lowest BCUT2D eigenvalue weighted by Gasteiger charge is -2.70. The number of Topliss-reactive ketones (excluding diaryl/α,β-unsaturated/α-hetero) is 1. The molecule has 0 aromatic rings. The quantitative estimate of drug-likeness (QED) is 0.506. The van der Waals surface area contributed by atoms with E-state index in [0.717, 1.165) is 31.3 Å². The molecule has 0 spiro atoms. The molecule has 0 saturated heterocycles. The number of hydrogen-bond donors (Lipinski definition) is 2. The fourth-order valence-corrected chi connectivity index (χ4v) is 10.5. The van der Waals surface area contributed by atoms with E-state index in [-0.39, 0.29) is 39.8 Å². The molecule has 5 nitrogen and oxygen atoms in total. The van der Waals surface area contributed by atoms with E-state index in [1.54, 1.807) is 13.0 Å². The number of allylic oxidation sites excluding steroid dienone is 1. The summed E-state index contributed by atoms with van der Waals surface area (Å²) in [6.07, 6.45) is 7.26. The molecule has 5 aliphatic rings. The number of fused-ring (bicyclic) bond motifs is 7. The van der Waals surface area contributed by atoms with Gasteiger partial charge in [-0.2, -0.15) is 0 Å². The first kappa shape index (κ1) is 25.2. The van der Waals surface area contributed by atoms with Crippen LogP contribution >= 0.6 is 0 Å². The Hall–Kier alpha value is -1.49. The lowest BCUT2D eigenvalue weighted by molar-refractivity contribution is -0.206. The van der Waals surface area contributed by atoms with Gasteiger partial charge in [0.1, 0.15) is 5.78 Å². The Kier molecular flexibility index (Phi) is 5.09. The van der Waals surface area contributed by atoms with E-state index in [1.807, 2.05) is 6.92 Å². The van der Waals surface area contributed by atoms with Crippen LogP contribution in [0.1, 0.15) is 99.8 Å². The maximum Gasteiger partial charge on any atom is 0.310 e. The molecule has 9 atom stereocenters. The van der Waals surface area contributed by atoms with Crippen LogP contribution in [-0.4, -0.2) is 33.3 Å². The summed E-state index contributed by atoms with van der Waals surface area (Å²) in [5.74, 6) is -1.07. The van der Waals surface area contributed by atoms with Crippen LogP contribution in [0.2, 0.25) is 0 Å². The van der Waals surface area contributed by atoms with Crippen molar-refractivity contribution in [2.75, 3.05) is 0 Å². The number of ketones is 2. The Morgan fingerprint density at radius 1 is 0.914 bits per heavy atom. The van der Waals surface area contributed by atoms with Crippen LogP contribution in [0.4, 0.5) is 0 Å². The third-order valence-corrected chi connectivity index (χ3v) is 13.0. The second-order valence-corrected chi connectivity index (χ2v) is 14.5. The zero-order valence-electron chi connectivity index (χ0n) is 22.7. The monoisotopic (exact) mass is 484 g/mol. The molecule has 5 rings (SSSR count). The first-order chi connectivity index (χ1) is 16.0. The number of rotatable bonds is 1. The largest absolute Gasteiger partial charge is 0.481 e. The van der Waals surface area contributed by atoms with Crippen molar-refractivity contribution in [3.63, 3.8) is 0 Å². The Morgan fingerprint density at radius 2 is 1.57 bits per heavy atom. The minimum absolute atomic E-state index is 0.0396. The number of carbonyl (C=O) groups excluding carboxylic acids is 2. The number of carboxylic acids is 1. The van der Waals surface area contributed by atoms with E-state index in [2.05, 4.69) is 34.6 Å². The Balaban J connectivity index is 1.70. The van der Waals surface area contributed by atoms with Crippen LogP contribution in [0.15, 0.2) is 11.6 Å². The second kappa shape index (κ2) is 7.08. The predicted octanol–water partition coefficient (Wildman–Crippen LogP) is 5.59. The van der Waals surface area contributed by atoms with E-state index < -0.39 is 28.3 Å². The van der Waals surface area contributed by atoms with Crippen LogP contribution in [0, 0.1) is 50.7 Å². The van der Waals surface area contributed by atoms with Gasteiger partial charge in [-0.05, 0) is 86.0 Å². The first-order valence-corrected chi connectivity index (χ1v) is 13.8.